The summed E-state index contributed by atoms with van der Waals surface area (Å²) >= 11 is 0. The van der Waals surface area contributed by atoms with Gasteiger partial charge >= 0.3 is 0 Å². The highest BCUT2D eigenvalue weighted by Crippen LogP contribution is 2.27. The summed E-state index contributed by atoms with van der Waals surface area (Å²) in [7, 11) is 0. The smallest absolute Gasteiger partial charge is 0.223 e. The fraction of sp³-hybridized carbons (Fsp3) is 0.929. The molecule has 1 N–H and O–H groups in total. The third-order valence-corrected chi connectivity index (χ3v) is 4.32. The summed E-state index contributed by atoms with van der Waals surface area (Å²) in [5.74, 6) is 1.06. The van der Waals surface area contributed by atoms with E-state index < -0.39 is 0 Å². The molecule has 1 saturated carbocycles. The predicted molar refractivity (Wildman–Crippen MR) is 69.9 cm³/mol. The number of amides is 1. The Bertz CT molecular complexity index is 243. The van der Waals surface area contributed by atoms with Crippen LogP contribution in [-0.4, -0.2) is 36.5 Å². The fourth-order valence-corrected chi connectivity index (χ4v) is 3.30. The van der Waals surface area contributed by atoms with Crippen molar-refractivity contribution in [3.63, 3.8) is 0 Å². The Hall–Kier alpha value is -0.570. The van der Waals surface area contributed by atoms with Gasteiger partial charge in [0.1, 0.15) is 0 Å². The molecule has 0 aromatic heterocycles. The van der Waals surface area contributed by atoms with Crippen LogP contribution < -0.4 is 5.32 Å². The first-order chi connectivity index (χ1) is 8.31. The van der Waals surface area contributed by atoms with Gasteiger partial charge in [0.2, 0.25) is 5.91 Å². The van der Waals surface area contributed by atoms with E-state index in [1.54, 1.807) is 0 Å². The fourth-order valence-electron chi connectivity index (χ4n) is 3.30. The molecule has 2 rings (SSSR count). The van der Waals surface area contributed by atoms with Gasteiger partial charge in [-0.05, 0) is 38.6 Å². The zero-order chi connectivity index (χ0) is 12.1. The molecular formula is C14H26N2O. The van der Waals surface area contributed by atoms with Gasteiger partial charge in [-0.1, -0.05) is 19.3 Å². The lowest BCUT2D eigenvalue weighted by molar-refractivity contribution is -0.134. The van der Waals surface area contributed by atoms with Gasteiger partial charge < -0.3 is 10.2 Å². The van der Waals surface area contributed by atoms with Crippen molar-refractivity contribution in [3.8, 4) is 0 Å². The number of nitrogens with zero attached hydrogens (tertiary/aromatic N) is 1. The molecule has 1 saturated heterocycles. The Balaban J connectivity index is 1.83. The maximum absolute atomic E-state index is 12.3. The molecule has 1 heterocycles. The Morgan fingerprint density at radius 1 is 1.24 bits per heavy atom. The third-order valence-electron chi connectivity index (χ3n) is 4.32. The lowest BCUT2D eigenvalue weighted by Crippen LogP contribution is -2.42. The van der Waals surface area contributed by atoms with Crippen LogP contribution in [0.3, 0.4) is 0 Å². The molecule has 0 aromatic rings. The number of nitrogens with one attached hydrogen (secondary N) is 1. The Morgan fingerprint density at radius 3 is 2.59 bits per heavy atom. The van der Waals surface area contributed by atoms with Gasteiger partial charge in [0.05, 0.1) is 0 Å². The van der Waals surface area contributed by atoms with E-state index in [1.165, 1.54) is 32.1 Å². The molecule has 2 fully saturated rings. The van der Waals surface area contributed by atoms with E-state index in [2.05, 4.69) is 17.1 Å². The van der Waals surface area contributed by atoms with Gasteiger partial charge in [-0.3, -0.25) is 4.79 Å². The zero-order valence-electron chi connectivity index (χ0n) is 11.1. The van der Waals surface area contributed by atoms with Crippen molar-refractivity contribution in [3.05, 3.63) is 0 Å². The summed E-state index contributed by atoms with van der Waals surface area (Å²) in [5.41, 5.74) is 0. The van der Waals surface area contributed by atoms with Crippen molar-refractivity contribution in [2.75, 3.05) is 19.6 Å². The van der Waals surface area contributed by atoms with Crippen LogP contribution in [-0.2, 0) is 4.79 Å². The van der Waals surface area contributed by atoms with E-state index in [0.29, 0.717) is 17.9 Å². The van der Waals surface area contributed by atoms with Crippen LogP contribution in [0.15, 0.2) is 0 Å². The minimum atomic E-state index is 0.396. The number of hydrogen-bond acceptors (Lipinski definition) is 2. The van der Waals surface area contributed by atoms with Crippen LogP contribution in [0.4, 0.5) is 0 Å². The number of likely N-dealkylation sites (N-methyl/N-ethyl adjacent to an activating group) is 1. The molecular weight excluding hydrogens is 212 g/mol. The van der Waals surface area contributed by atoms with Gasteiger partial charge in [-0.15, -0.1) is 0 Å². The third kappa shape index (κ3) is 3.44. The highest BCUT2D eigenvalue weighted by atomic mass is 16.2. The van der Waals surface area contributed by atoms with Gasteiger partial charge in [-0.2, -0.15) is 0 Å². The lowest BCUT2D eigenvalue weighted by Gasteiger charge is -2.30. The molecule has 0 aromatic carbocycles. The molecule has 1 amide bonds. The maximum atomic E-state index is 12.3. The Kier molecular flexibility index (Phi) is 4.84. The molecule has 3 heteroatoms. The average Bonchev–Trinajstić information content (AvgIpc) is 2.85. The minimum Gasteiger partial charge on any atom is -0.339 e. The monoisotopic (exact) mass is 238 g/mol. The van der Waals surface area contributed by atoms with Crippen molar-refractivity contribution in [1.82, 2.24) is 10.2 Å². The Morgan fingerprint density at radius 2 is 2.00 bits per heavy atom. The molecule has 3 nitrogen and oxygen atoms in total. The van der Waals surface area contributed by atoms with Crippen molar-refractivity contribution in [2.24, 2.45) is 5.92 Å². The summed E-state index contributed by atoms with van der Waals surface area (Å²) in [6.45, 7) is 5.04. The molecule has 0 bridgehead atoms. The SMILES string of the molecule is CCN(C(=O)CC1CCCCC1)C1CCNC1. The summed E-state index contributed by atoms with van der Waals surface area (Å²) in [6.07, 6.45) is 8.49. The number of carbonyl (C=O) groups is 1. The van der Waals surface area contributed by atoms with Gasteiger partial charge in [-0.25, -0.2) is 0 Å². The molecule has 0 radical (unpaired) electrons. The Labute approximate surface area is 105 Å². The highest BCUT2D eigenvalue weighted by molar-refractivity contribution is 5.76. The maximum Gasteiger partial charge on any atom is 0.223 e. The van der Waals surface area contributed by atoms with Crippen LogP contribution in [0.25, 0.3) is 0 Å². The molecule has 98 valence electrons. The largest absolute Gasteiger partial charge is 0.339 e. The molecule has 0 spiro atoms. The second kappa shape index (κ2) is 6.39. The van der Waals surface area contributed by atoms with Crippen molar-refractivity contribution in [1.29, 1.82) is 0 Å². The minimum absolute atomic E-state index is 0.396. The van der Waals surface area contributed by atoms with Crippen LogP contribution in [0.1, 0.15) is 51.9 Å². The summed E-state index contributed by atoms with van der Waals surface area (Å²) in [4.78, 5) is 14.4. The van der Waals surface area contributed by atoms with Crippen molar-refractivity contribution >= 4 is 5.91 Å². The topological polar surface area (TPSA) is 32.3 Å². The van der Waals surface area contributed by atoms with E-state index in [9.17, 15) is 4.79 Å². The first-order valence-electron chi connectivity index (χ1n) is 7.31. The molecule has 1 aliphatic heterocycles. The van der Waals surface area contributed by atoms with Crippen molar-refractivity contribution in [2.45, 2.75) is 57.9 Å². The van der Waals surface area contributed by atoms with Crippen molar-refractivity contribution < 1.29 is 4.79 Å². The molecule has 1 atom stereocenters. The quantitative estimate of drug-likeness (QED) is 0.814. The second-order valence-corrected chi connectivity index (χ2v) is 5.53. The first kappa shape index (κ1) is 12.9. The van der Waals surface area contributed by atoms with Crippen LogP contribution in [0.2, 0.25) is 0 Å². The second-order valence-electron chi connectivity index (χ2n) is 5.53. The lowest BCUT2D eigenvalue weighted by atomic mass is 9.86. The van der Waals surface area contributed by atoms with E-state index in [-0.39, 0.29) is 0 Å². The molecule has 1 unspecified atom stereocenters. The molecule has 2 aliphatic rings. The zero-order valence-corrected chi connectivity index (χ0v) is 11.1. The molecule has 17 heavy (non-hydrogen) atoms. The normalized spacial score (nSPS) is 26.1. The summed E-state index contributed by atoms with van der Waals surface area (Å²) in [5, 5.41) is 3.35. The van der Waals surface area contributed by atoms with Gasteiger partial charge in [0.15, 0.2) is 0 Å². The number of hydrogen-bond donors (Lipinski definition) is 1. The first-order valence-corrected chi connectivity index (χ1v) is 7.31. The summed E-state index contributed by atoms with van der Waals surface area (Å²) in [6, 6.07) is 0.455. The standard InChI is InChI=1S/C14H26N2O/c1-2-16(13-8-9-15-11-13)14(17)10-12-6-4-3-5-7-12/h12-13,15H,2-11H2,1H3. The summed E-state index contributed by atoms with van der Waals surface area (Å²) < 4.78 is 0. The van der Waals surface area contributed by atoms with Crippen LogP contribution in [0, 0.1) is 5.92 Å². The average molecular weight is 238 g/mol. The van der Waals surface area contributed by atoms with Gasteiger partial charge in [0, 0.05) is 25.6 Å². The number of rotatable bonds is 4. The molecule has 1 aliphatic carbocycles. The van der Waals surface area contributed by atoms with E-state index in [1.807, 2.05) is 0 Å². The van der Waals surface area contributed by atoms with E-state index in [4.69, 9.17) is 0 Å². The van der Waals surface area contributed by atoms with E-state index in [0.717, 1.165) is 32.5 Å². The van der Waals surface area contributed by atoms with E-state index >= 15 is 0 Å². The number of carbonyl (C=O) groups excluding carboxylic acids is 1. The predicted octanol–water partition coefficient (Wildman–Crippen LogP) is 2.17. The van der Waals surface area contributed by atoms with Crippen LogP contribution in [0.5, 0.6) is 0 Å². The van der Waals surface area contributed by atoms with Crippen LogP contribution >= 0.6 is 0 Å². The highest BCUT2D eigenvalue weighted by Gasteiger charge is 2.27. The van der Waals surface area contributed by atoms with Gasteiger partial charge in [0.25, 0.3) is 0 Å².